The van der Waals surface area contributed by atoms with Gasteiger partial charge in [0.15, 0.2) is 11.6 Å². The Balaban J connectivity index is 2.84. The number of benzene rings is 1. The molecule has 0 bridgehead atoms. The number of carbonyl (C=O) groups excluding carboxylic acids is 1. The molecule has 0 atom stereocenters. The van der Waals surface area contributed by atoms with Gasteiger partial charge in [0.1, 0.15) is 6.07 Å². The van der Waals surface area contributed by atoms with Crippen LogP contribution in [0.3, 0.4) is 0 Å². The van der Waals surface area contributed by atoms with Crippen molar-refractivity contribution >= 4 is 11.6 Å². The lowest BCUT2D eigenvalue weighted by Crippen LogP contribution is -2.28. The fourth-order valence-corrected chi connectivity index (χ4v) is 1.10. The molecule has 90 valence electrons. The van der Waals surface area contributed by atoms with Crippen molar-refractivity contribution in [3.63, 3.8) is 0 Å². The largest absolute Gasteiger partial charge is 0.374 e. The Kier molecular flexibility index (Phi) is 3.99. The average Bonchev–Trinajstić information content (AvgIpc) is 2.30. The summed E-state index contributed by atoms with van der Waals surface area (Å²) in [5.41, 5.74) is -0.510. The Morgan fingerprint density at radius 3 is 2.59 bits per heavy atom. The SMILES string of the molecule is CN(C)C(=O)CNc1ccc(C#N)c(F)c1F. The number of hydrogen-bond donors (Lipinski definition) is 1. The van der Waals surface area contributed by atoms with Crippen LogP contribution >= 0.6 is 0 Å². The van der Waals surface area contributed by atoms with E-state index in [4.69, 9.17) is 5.26 Å². The van der Waals surface area contributed by atoms with E-state index in [1.807, 2.05) is 0 Å². The van der Waals surface area contributed by atoms with E-state index in [0.717, 1.165) is 6.07 Å². The van der Waals surface area contributed by atoms with Crippen LogP contribution in [0.15, 0.2) is 12.1 Å². The topological polar surface area (TPSA) is 56.1 Å². The van der Waals surface area contributed by atoms with Crippen molar-refractivity contribution in [1.29, 1.82) is 5.26 Å². The van der Waals surface area contributed by atoms with Crippen molar-refractivity contribution in [1.82, 2.24) is 4.90 Å². The van der Waals surface area contributed by atoms with Crippen LogP contribution in [0.2, 0.25) is 0 Å². The number of rotatable bonds is 3. The minimum absolute atomic E-state index is 0.142. The van der Waals surface area contributed by atoms with Crippen LogP contribution in [0.5, 0.6) is 0 Å². The maximum Gasteiger partial charge on any atom is 0.241 e. The number of nitriles is 1. The van der Waals surface area contributed by atoms with Crippen LogP contribution in [0.25, 0.3) is 0 Å². The molecule has 0 spiro atoms. The molecule has 1 amide bonds. The van der Waals surface area contributed by atoms with Crippen molar-refractivity contribution in [2.75, 3.05) is 26.0 Å². The standard InChI is InChI=1S/C11H11F2N3O/c1-16(2)9(17)6-15-8-4-3-7(5-14)10(12)11(8)13/h3-4,15H,6H2,1-2H3. The number of nitrogens with one attached hydrogen (secondary N) is 1. The highest BCUT2D eigenvalue weighted by Gasteiger charge is 2.13. The molecule has 4 nitrogen and oxygen atoms in total. The van der Waals surface area contributed by atoms with E-state index < -0.39 is 11.6 Å². The van der Waals surface area contributed by atoms with E-state index in [1.54, 1.807) is 14.1 Å². The van der Waals surface area contributed by atoms with Gasteiger partial charge < -0.3 is 10.2 Å². The molecule has 0 aromatic heterocycles. The first kappa shape index (κ1) is 12.9. The molecule has 0 saturated carbocycles. The number of likely N-dealkylation sites (N-methyl/N-ethyl adjacent to an activating group) is 1. The summed E-state index contributed by atoms with van der Waals surface area (Å²) in [5.74, 6) is -2.64. The lowest BCUT2D eigenvalue weighted by molar-refractivity contribution is -0.126. The van der Waals surface area contributed by atoms with Gasteiger partial charge >= 0.3 is 0 Å². The molecule has 1 aromatic rings. The molecule has 0 aliphatic carbocycles. The molecular formula is C11H11F2N3O. The molecule has 0 aliphatic rings. The lowest BCUT2D eigenvalue weighted by Gasteiger charge is -2.12. The summed E-state index contributed by atoms with van der Waals surface area (Å²) in [5, 5.41) is 11.0. The third-order valence-corrected chi connectivity index (χ3v) is 2.13. The third kappa shape index (κ3) is 2.91. The number of anilines is 1. The van der Waals surface area contributed by atoms with Crippen LogP contribution in [0, 0.1) is 23.0 Å². The molecule has 1 N–H and O–H groups in total. The molecule has 6 heteroatoms. The zero-order chi connectivity index (χ0) is 13.0. The Morgan fingerprint density at radius 1 is 1.41 bits per heavy atom. The maximum atomic E-state index is 13.4. The fraction of sp³-hybridized carbons (Fsp3) is 0.273. The molecule has 0 fully saturated rings. The van der Waals surface area contributed by atoms with Crippen LogP contribution in [-0.2, 0) is 4.79 Å². The van der Waals surface area contributed by atoms with E-state index in [9.17, 15) is 13.6 Å². The van der Waals surface area contributed by atoms with Crippen molar-refractivity contribution in [2.24, 2.45) is 0 Å². The molecule has 0 saturated heterocycles. The highest BCUT2D eigenvalue weighted by Crippen LogP contribution is 2.19. The fourth-order valence-electron chi connectivity index (χ4n) is 1.10. The summed E-state index contributed by atoms with van der Waals surface area (Å²) < 4.78 is 26.6. The predicted molar refractivity (Wildman–Crippen MR) is 58.3 cm³/mol. The van der Waals surface area contributed by atoms with Crippen LogP contribution in [0.1, 0.15) is 5.56 Å². The smallest absolute Gasteiger partial charge is 0.241 e. The molecule has 0 radical (unpaired) electrons. The molecule has 1 rings (SSSR count). The van der Waals surface area contributed by atoms with Gasteiger partial charge in [0, 0.05) is 14.1 Å². The second-order valence-electron chi connectivity index (χ2n) is 3.54. The third-order valence-electron chi connectivity index (χ3n) is 2.13. The molecule has 0 aliphatic heterocycles. The number of carbonyl (C=O) groups is 1. The number of halogens is 2. The molecule has 17 heavy (non-hydrogen) atoms. The van der Waals surface area contributed by atoms with Crippen LogP contribution < -0.4 is 5.32 Å². The maximum absolute atomic E-state index is 13.4. The summed E-state index contributed by atoms with van der Waals surface area (Å²) in [6.07, 6.45) is 0. The zero-order valence-corrected chi connectivity index (χ0v) is 9.42. The van der Waals surface area contributed by atoms with E-state index in [2.05, 4.69) is 5.32 Å². The average molecular weight is 239 g/mol. The van der Waals surface area contributed by atoms with Gasteiger partial charge in [-0.1, -0.05) is 0 Å². The first-order valence-electron chi connectivity index (χ1n) is 4.79. The summed E-state index contributed by atoms with van der Waals surface area (Å²) in [4.78, 5) is 12.6. The Morgan fingerprint density at radius 2 is 2.06 bits per heavy atom. The van der Waals surface area contributed by atoms with Crippen molar-refractivity contribution < 1.29 is 13.6 Å². The highest BCUT2D eigenvalue weighted by molar-refractivity contribution is 5.80. The number of amides is 1. The molecule has 0 unspecified atom stereocenters. The first-order chi connectivity index (χ1) is 7.97. The van der Waals surface area contributed by atoms with Gasteiger partial charge in [-0.3, -0.25) is 4.79 Å². The molecular weight excluding hydrogens is 228 g/mol. The minimum Gasteiger partial charge on any atom is -0.374 e. The highest BCUT2D eigenvalue weighted by atomic mass is 19.2. The predicted octanol–water partition coefficient (Wildman–Crippen LogP) is 1.34. The van der Waals surface area contributed by atoms with E-state index in [0.29, 0.717) is 0 Å². The second-order valence-corrected chi connectivity index (χ2v) is 3.54. The van der Waals surface area contributed by atoms with Gasteiger partial charge in [0.25, 0.3) is 0 Å². The van der Waals surface area contributed by atoms with Gasteiger partial charge in [-0.15, -0.1) is 0 Å². The summed E-state index contributed by atoms with van der Waals surface area (Å²) in [6.45, 7) is -0.144. The van der Waals surface area contributed by atoms with Crippen molar-refractivity contribution in [2.45, 2.75) is 0 Å². The first-order valence-corrected chi connectivity index (χ1v) is 4.79. The van der Waals surface area contributed by atoms with E-state index >= 15 is 0 Å². The number of nitrogens with zero attached hydrogens (tertiary/aromatic N) is 2. The monoisotopic (exact) mass is 239 g/mol. The summed E-state index contributed by atoms with van der Waals surface area (Å²) in [7, 11) is 3.11. The van der Waals surface area contributed by atoms with Crippen molar-refractivity contribution in [3.05, 3.63) is 29.3 Å². The van der Waals surface area contributed by atoms with Gasteiger partial charge in [-0.05, 0) is 12.1 Å². The van der Waals surface area contributed by atoms with Gasteiger partial charge in [0.2, 0.25) is 5.91 Å². The Bertz CT molecular complexity index is 480. The second kappa shape index (κ2) is 5.25. The zero-order valence-electron chi connectivity index (χ0n) is 9.42. The van der Waals surface area contributed by atoms with Crippen LogP contribution in [0.4, 0.5) is 14.5 Å². The summed E-state index contributed by atoms with van der Waals surface area (Å²) >= 11 is 0. The normalized spacial score (nSPS) is 9.59. The van der Waals surface area contributed by atoms with Gasteiger partial charge in [-0.2, -0.15) is 5.26 Å². The van der Waals surface area contributed by atoms with Gasteiger partial charge in [0.05, 0.1) is 17.8 Å². The van der Waals surface area contributed by atoms with E-state index in [1.165, 1.54) is 17.0 Å². The quantitative estimate of drug-likeness (QED) is 0.865. The summed E-state index contributed by atoms with van der Waals surface area (Å²) in [6, 6.07) is 3.90. The number of hydrogen-bond acceptors (Lipinski definition) is 3. The molecule has 1 aromatic carbocycles. The van der Waals surface area contributed by atoms with Gasteiger partial charge in [-0.25, -0.2) is 8.78 Å². The van der Waals surface area contributed by atoms with Crippen molar-refractivity contribution in [3.8, 4) is 6.07 Å². The minimum atomic E-state index is -1.21. The molecule has 0 heterocycles. The lowest BCUT2D eigenvalue weighted by atomic mass is 10.2. The van der Waals surface area contributed by atoms with E-state index in [-0.39, 0.29) is 23.7 Å². The Hall–Kier alpha value is -2.16. The van der Waals surface area contributed by atoms with Crippen LogP contribution in [-0.4, -0.2) is 31.4 Å². The Labute approximate surface area is 97.5 Å².